The molecule has 2 aliphatic heterocycles. The molecule has 0 atom stereocenters. The van der Waals surface area contributed by atoms with E-state index < -0.39 is 0 Å². The van der Waals surface area contributed by atoms with Crippen LogP contribution in [0.2, 0.25) is 0 Å². The van der Waals surface area contributed by atoms with Crippen molar-refractivity contribution in [2.45, 2.75) is 0 Å². The van der Waals surface area contributed by atoms with Crippen LogP contribution in [-0.2, 0) is 0 Å². The lowest BCUT2D eigenvalue weighted by Gasteiger charge is -2.16. The van der Waals surface area contributed by atoms with E-state index in [0.29, 0.717) is 44.7 Å². The number of fused-ring (bicyclic) bond motifs is 4. The summed E-state index contributed by atoms with van der Waals surface area (Å²) < 4.78 is 0. The van der Waals surface area contributed by atoms with E-state index in [2.05, 4.69) is 0 Å². The van der Waals surface area contributed by atoms with Crippen molar-refractivity contribution < 1.29 is 19.2 Å². The lowest BCUT2D eigenvalue weighted by molar-refractivity contribution is 0.0910. The van der Waals surface area contributed by atoms with Gasteiger partial charge in [0.15, 0.2) is 0 Å². The summed E-state index contributed by atoms with van der Waals surface area (Å²) in [4.78, 5) is 58.7. The molecular formula is C29H15N3O4. The van der Waals surface area contributed by atoms with E-state index in [4.69, 9.17) is 4.98 Å². The molecule has 0 aliphatic carbocycles. The highest BCUT2D eigenvalue weighted by molar-refractivity contribution is 6.35. The highest BCUT2D eigenvalue weighted by Gasteiger charge is 2.37. The van der Waals surface area contributed by atoms with Crippen molar-refractivity contribution >= 4 is 56.8 Å². The number of imide groups is 2. The fraction of sp³-hybridized carbons (Fsp3) is 0. The predicted octanol–water partition coefficient (Wildman–Crippen LogP) is 4.99. The molecule has 7 rings (SSSR count). The van der Waals surface area contributed by atoms with Gasteiger partial charge in [0.2, 0.25) is 0 Å². The zero-order chi connectivity index (χ0) is 24.6. The highest BCUT2D eigenvalue weighted by atomic mass is 16.2. The summed E-state index contributed by atoms with van der Waals surface area (Å²) in [5.41, 5.74) is 3.51. The van der Waals surface area contributed by atoms with Crippen LogP contribution in [0.15, 0.2) is 91.0 Å². The van der Waals surface area contributed by atoms with Gasteiger partial charge in [0.25, 0.3) is 23.6 Å². The first-order valence-corrected chi connectivity index (χ1v) is 11.3. The van der Waals surface area contributed by atoms with Gasteiger partial charge in [-0.25, -0.2) is 14.8 Å². The molecule has 0 radical (unpaired) electrons. The molecule has 0 unspecified atom stereocenters. The van der Waals surface area contributed by atoms with Crippen molar-refractivity contribution in [2.75, 3.05) is 9.80 Å². The quantitative estimate of drug-likeness (QED) is 0.269. The second-order valence-corrected chi connectivity index (χ2v) is 8.72. The standard InChI is InChI=1S/C29H15N3O4/c33-26-20-5-1-2-6-21(20)27(34)31(26)18-11-9-16-13-17-10-12-19(15-25(17)30-24(16)14-18)32-28(35)22-7-3-4-8-23(22)29(32)36/h1-15H. The fourth-order valence-corrected chi connectivity index (χ4v) is 4.92. The van der Waals surface area contributed by atoms with Crippen molar-refractivity contribution in [3.05, 3.63) is 113 Å². The van der Waals surface area contributed by atoms with E-state index in [-0.39, 0.29) is 23.6 Å². The molecule has 170 valence electrons. The van der Waals surface area contributed by atoms with Gasteiger partial charge in [0.1, 0.15) is 0 Å². The number of aromatic nitrogens is 1. The predicted molar refractivity (Wildman–Crippen MR) is 134 cm³/mol. The molecule has 0 N–H and O–H groups in total. The third-order valence-electron chi connectivity index (χ3n) is 6.68. The molecule has 4 amide bonds. The van der Waals surface area contributed by atoms with Gasteiger partial charge < -0.3 is 0 Å². The molecule has 0 bridgehead atoms. The molecule has 7 heteroatoms. The number of hydrogen-bond acceptors (Lipinski definition) is 5. The molecule has 0 spiro atoms. The van der Waals surface area contributed by atoms with Gasteiger partial charge in [-0.2, -0.15) is 0 Å². The van der Waals surface area contributed by atoms with Crippen LogP contribution in [0.5, 0.6) is 0 Å². The molecular weight excluding hydrogens is 454 g/mol. The first kappa shape index (κ1) is 20.2. The van der Waals surface area contributed by atoms with E-state index in [1.807, 2.05) is 18.2 Å². The van der Waals surface area contributed by atoms with Gasteiger partial charge >= 0.3 is 0 Å². The zero-order valence-electron chi connectivity index (χ0n) is 18.6. The maximum absolute atomic E-state index is 12.9. The van der Waals surface area contributed by atoms with Gasteiger partial charge in [-0.05, 0) is 54.6 Å². The molecule has 0 saturated heterocycles. The fourth-order valence-electron chi connectivity index (χ4n) is 4.92. The number of benzene rings is 4. The highest BCUT2D eigenvalue weighted by Crippen LogP contribution is 2.33. The molecule has 5 aromatic rings. The maximum atomic E-state index is 12.9. The molecule has 2 aliphatic rings. The van der Waals surface area contributed by atoms with E-state index in [0.717, 1.165) is 20.6 Å². The number of nitrogens with zero attached hydrogens (tertiary/aromatic N) is 3. The lowest BCUT2D eigenvalue weighted by Crippen LogP contribution is -2.29. The molecule has 7 nitrogen and oxygen atoms in total. The minimum absolute atomic E-state index is 0.372. The van der Waals surface area contributed by atoms with Gasteiger partial charge in [0, 0.05) is 10.8 Å². The van der Waals surface area contributed by atoms with Crippen LogP contribution in [0.1, 0.15) is 41.4 Å². The number of carbonyl (C=O) groups is 4. The van der Waals surface area contributed by atoms with E-state index in [1.54, 1.807) is 72.8 Å². The van der Waals surface area contributed by atoms with Crippen LogP contribution in [0.25, 0.3) is 21.8 Å². The van der Waals surface area contributed by atoms with Crippen LogP contribution in [0, 0.1) is 0 Å². The maximum Gasteiger partial charge on any atom is 0.266 e. The van der Waals surface area contributed by atoms with Crippen LogP contribution in [0.4, 0.5) is 11.4 Å². The SMILES string of the molecule is O=C1c2ccccc2C(=O)N1c1ccc2cc3ccc(N4C(=O)c5ccccc5C4=O)cc3nc2c1. The summed E-state index contributed by atoms with van der Waals surface area (Å²) in [6.45, 7) is 0. The van der Waals surface area contributed by atoms with Crippen molar-refractivity contribution in [1.82, 2.24) is 4.98 Å². The summed E-state index contributed by atoms with van der Waals surface area (Å²) in [5.74, 6) is -1.49. The Labute approximate surface area is 204 Å². The molecule has 0 fully saturated rings. The Bertz CT molecular complexity index is 1640. The molecule has 4 aromatic carbocycles. The Hall–Kier alpha value is -5.17. The Morgan fingerprint density at radius 3 is 1.17 bits per heavy atom. The topological polar surface area (TPSA) is 87.7 Å². The lowest BCUT2D eigenvalue weighted by atomic mass is 10.1. The number of rotatable bonds is 2. The van der Waals surface area contributed by atoms with Gasteiger partial charge in [-0.15, -0.1) is 0 Å². The number of carbonyl (C=O) groups excluding carboxylic acids is 4. The average Bonchev–Trinajstić information content (AvgIpc) is 3.31. The minimum Gasteiger partial charge on any atom is -0.268 e. The third-order valence-corrected chi connectivity index (χ3v) is 6.68. The van der Waals surface area contributed by atoms with Crippen molar-refractivity contribution in [3.63, 3.8) is 0 Å². The van der Waals surface area contributed by atoms with Gasteiger partial charge in [-0.3, -0.25) is 19.2 Å². The summed E-state index contributed by atoms with van der Waals surface area (Å²) >= 11 is 0. The number of amides is 4. The normalized spacial score (nSPS) is 14.8. The molecule has 36 heavy (non-hydrogen) atoms. The Kier molecular flexibility index (Phi) is 4.02. The number of hydrogen-bond donors (Lipinski definition) is 0. The first-order chi connectivity index (χ1) is 17.5. The van der Waals surface area contributed by atoms with Crippen molar-refractivity contribution in [3.8, 4) is 0 Å². The van der Waals surface area contributed by atoms with Gasteiger partial charge in [-0.1, -0.05) is 36.4 Å². The summed E-state index contributed by atoms with van der Waals surface area (Å²) in [5, 5.41) is 1.66. The Morgan fingerprint density at radius 1 is 0.444 bits per heavy atom. The van der Waals surface area contributed by atoms with Crippen LogP contribution >= 0.6 is 0 Å². The monoisotopic (exact) mass is 469 g/mol. The largest absolute Gasteiger partial charge is 0.268 e. The first-order valence-electron chi connectivity index (χ1n) is 11.3. The summed E-state index contributed by atoms with van der Waals surface area (Å²) in [6.07, 6.45) is 0. The van der Waals surface area contributed by atoms with Crippen LogP contribution in [0.3, 0.4) is 0 Å². The zero-order valence-corrected chi connectivity index (χ0v) is 18.6. The van der Waals surface area contributed by atoms with E-state index in [1.165, 1.54) is 0 Å². The molecule has 0 saturated carbocycles. The Morgan fingerprint density at radius 2 is 0.806 bits per heavy atom. The number of anilines is 2. The van der Waals surface area contributed by atoms with Crippen molar-refractivity contribution in [1.29, 1.82) is 0 Å². The van der Waals surface area contributed by atoms with E-state index >= 15 is 0 Å². The van der Waals surface area contributed by atoms with Crippen LogP contribution in [-0.4, -0.2) is 28.6 Å². The second-order valence-electron chi connectivity index (χ2n) is 8.72. The summed E-state index contributed by atoms with van der Waals surface area (Å²) in [7, 11) is 0. The summed E-state index contributed by atoms with van der Waals surface area (Å²) in [6, 6.07) is 25.9. The molecule has 3 heterocycles. The minimum atomic E-state index is -0.372. The third kappa shape index (κ3) is 2.71. The average molecular weight is 469 g/mol. The second kappa shape index (κ2) is 7.16. The van der Waals surface area contributed by atoms with Gasteiger partial charge in [0.05, 0.1) is 44.7 Å². The van der Waals surface area contributed by atoms with E-state index in [9.17, 15) is 19.2 Å². The van der Waals surface area contributed by atoms with Crippen molar-refractivity contribution in [2.24, 2.45) is 0 Å². The van der Waals surface area contributed by atoms with Crippen LogP contribution < -0.4 is 9.80 Å². The number of pyridine rings is 1. The smallest absolute Gasteiger partial charge is 0.266 e. The molecule has 1 aromatic heterocycles. The Balaban J connectivity index is 1.31.